The van der Waals surface area contributed by atoms with Crippen LogP contribution in [0.1, 0.15) is 10.5 Å². The van der Waals surface area contributed by atoms with Gasteiger partial charge in [0.1, 0.15) is 0 Å². The van der Waals surface area contributed by atoms with E-state index in [0.717, 1.165) is 0 Å². The molecule has 94 valence electrons. The number of rotatable bonds is 3. The highest BCUT2D eigenvalue weighted by atomic mass is 79.9. The quantitative estimate of drug-likeness (QED) is 0.809. The second-order valence-electron chi connectivity index (χ2n) is 3.32. The number of hydrogen-bond donors (Lipinski definition) is 0. The first-order valence-electron chi connectivity index (χ1n) is 4.99. The predicted octanol–water partition coefficient (Wildman–Crippen LogP) is 1.82. The summed E-state index contributed by atoms with van der Waals surface area (Å²) < 4.78 is 11.7. The van der Waals surface area contributed by atoms with Gasteiger partial charge in [0.25, 0.3) is 0 Å². The van der Waals surface area contributed by atoms with Crippen molar-refractivity contribution in [3.63, 3.8) is 0 Å². The van der Waals surface area contributed by atoms with Crippen LogP contribution in [0.2, 0.25) is 0 Å². The summed E-state index contributed by atoms with van der Waals surface area (Å²) in [7, 11) is 2.85. The van der Waals surface area contributed by atoms with Crippen molar-refractivity contribution in [1.29, 1.82) is 0 Å². The number of methoxy groups -OCH3 is 2. The Balaban J connectivity index is 2.36. The molecule has 0 radical (unpaired) electrons. The molecule has 6 nitrogen and oxygen atoms in total. The lowest BCUT2D eigenvalue weighted by atomic mass is 10.4. The van der Waals surface area contributed by atoms with Gasteiger partial charge in [0, 0.05) is 12.3 Å². The van der Waals surface area contributed by atoms with Gasteiger partial charge in [0.05, 0.1) is 30.6 Å². The van der Waals surface area contributed by atoms with Crippen molar-refractivity contribution in [2.45, 2.75) is 0 Å². The zero-order valence-electron chi connectivity index (χ0n) is 9.75. The number of nitrogens with zero attached hydrogens (tertiary/aromatic N) is 3. The van der Waals surface area contributed by atoms with Gasteiger partial charge < -0.3 is 9.47 Å². The Bertz CT molecular complexity index is 565. The molecular formula is C11H10BrN3O3. The smallest absolute Gasteiger partial charge is 0.359 e. The van der Waals surface area contributed by atoms with Gasteiger partial charge in [-0.2, -0.15) is 5.10 Å². The van der Waals surface area contributed by atoms with Crippen LogP contribution in [0.4, 0.5) is 0 Å². The molecule has 0 aromatic carbocycles. The molecule has 0 aliphatic carbocycles. The molecule has 18 heavy (non-hydrogen) atoms. The van der Waals surface area contributed by atoms with E-state index in [2.05, 4.69) is 30.7 Å². The van der Waals surface area contributed by atoms with Gasteiger partial charge in [-0.1, -0.05) is 0 Å². The molecule has 0 saturated carbocycles. The third kappa shape index (κ3) is 2.35. The molecule has 0 amide bonds. The van der Waals surface area contributed by atoms with Crippen LogP contribution in [0.25, 0.3) is 5.69 Å². The standard InChI is InChI=1S/C11H10BrN3O3/c1-17-9-4-3-7(5-13-9)15-6-8(12)10(14-15)11(16)18-2/h3-6H,1-2H3. The Labute approximate surface area is 112 Å². The van der Waals surface area contributed by atoms with E-state index in [0.29, 0.717) is 16.0 Å². The van der Waals surface area contributed by atoms with Gasteiger partial charge in [-0.15, -0.1) is 0 Å². The number of carbonyl (C=O) groups excluding carboxylic acids is 1. The first kappa shape index (κ1) is 12.6. The van der Waals surface area contributed by atoms with Crippen LogP contribution >= 0.6 is 15.9 Å². The number of ether oxygens (including phenoxy) is 2. The number of halogens is 1. The number of aromatic nitrogens is 3. The molecule has 2 aromatic rings. The van der Waals surface area contributed by atoms with Crippen LogP contribution in [0, 0.1) is 0 Å². The van der Waals surface area contributed by atoms with E-state index in [-0.39, 0.29) is 5.69 Å². The van der Waals surface area contributed by atoms with Gasteiger partial charge in [-0.25, -0.2) is 14.5 Å². The lowest BCUT2D eigenvalue weighted by molar-refractivity contribution is 0.0592. The Morgan fingerprint density at radius 2 is 2.17 bits per heavy atom. The molecule has 0 atom stereocenters. The zero-order chi connectivity index (χ0) is 13.1. The maximum atomic E-state index is 11.4. The maximum absolute atomic E-state index is 11.4. The van der Waals surface area contributed by atoms with Gasteiger partial charge in [-0.05, 0) is 22.0 Å². The normalized spacial score (nSPS) is 10.2. The van der Waals surface area contributed by atoms with Crippen LogP contribution in [-0.4, -0.2) is 35.0 Å². The van der Waals surface area contributed by atoms with Gasteiger partial charge in [-0.3, -0.25) is 0 Å². The Morgan fingerprint density at radius 1 is 1.39 bits per heavy atom. The van der Waals surface area contributed by atoms with E-state index in [1.54, 1.807) is 31.6 Å². The monoisotopic (exact) mass is 311 g/mol. The van der Waals surface area contributed by atoms with E-state index < -0.39 is 5.97 Å². The van der Waals surface area contributed by atoms with Gasteiger partial charge in [0.2, 0.25) is 5.88 Å². The first-order chi connectivity index (χ1) is 8.65. The molecule has 0 aliphatic rings. The van der Waals surface area contributed by atoms with Gasteiger partial charge in [0.15, 0.2) is 5.69 Å². The Morgan fingerprint density at radius 3 is 2.72 bits per heavy atom. The molecule has 2 aromatic heterocycles. The van der Waals surface area contributed by atoms with Crippen molar-refractivity contribution in [2.24, 2.45) is 0 Å². The minimum absolute atomic E-state index is 0.216. The predicted molar refractivity (Wildman–Crippen MR) is 67.0 cm³/mol. The van der Waals surface area contributed by atoms with E-state index in [1.807, 2.05) is 0 Å². The minimum atomic E-state index is -0.498. The van der Waals surface area contributed by atoms with E-state index in [1.165, 1.54) is 11.8 Å². The lowest BCUT2D eigenvalue weighted by Gasteiger charge is -2.01. The third-order valence-corrected chi connectivity index (χ3v) is 2.82. The molecule has 0 fully saturated rings. The number of esters is 1. The van der Waals surface area contributed by atoms with Crippen molar-refractivity contribution < 1.29 is 14.3 Å². The van der Waals surface area contributed by atoms with Crippen LogP contribution in [0.3, 0.4) is 0 Å². The van der Waals surface area contributed by atoms with E-state index >= 15 is 0 Å². The highest BCUT2D eigenvalue weighted by Gasteiger charge is 2.16. The second-order valence-corrected chi connectivity index (χ2v) is 4.17. The summed E-state index contributed by atoms with van der Waals surface area (Å²) in [5.41, 5.74) is 0.931. The third-order valence-electron chi connectivity index (χ3n) is 2.24. The average Bonchev–Trinajstić information content (AvgIpc) is 2.80. The molecule has 0 saturated heterocycles. The molecule has 0 unspecified atom stereocenters. The molecule has 2 heterocycles. The van der Waals surface area contributed by atoms with Crippen LogP contribution in [-0.2, 0) is 4.74 Å². The molecule has 0 spiro atoms. The number of carbonyl (C=O) groups is 1. The lowest BCUT2D eigenvalue weighted by Crippen LogP contribution is -2.04. The van der Waals surface area contributed by atoms with Crippen LogP contribution in [0.5, 0.6) is 5.88 Å². The highest BCUT2D eigenvalue weighted by molar-refractivity contribution is 9.10. The number of pyridine rings is 1. The summed E-state index contributed by atoms with van der Waals surface area (Å²) in [4.78, 5) is 15.5. The topological polar surface area (TPSA) is 66.2 Å². The average molecular weight is 312 g/mol. The summed E-state index contributed by atoms with van der Waals surface area (Å²) in [5.74, 6) is 0.0141. The minimum Gasteiger partial charge on any atom is -0.481 e. The highest BCUT2D eigenvalue weighted by Crippen LogP contribution is 2.19. The fraction of sp³-hybridized carbons (Fsp3) is 0.182. The van der Waals surface area contributed by atoms with Crippen molar-refractivity contribution in [1.82, 2.24) is 14.8 Å². The zero-order valence-corrected chi connectivity index (χ0v) is 11.3. The Hall–Kier alpha value is -1.89. The fourth-order valence-electron chi connectivity index (χ4n) is 1.35. The summed E-state index contributed by atoms with van der Waals surface area (Å²) in [5, 5.41) is 4.12. The van der Waals surface area contributed by atoms with Crippen molar-refractivity contribution in [2.75, 3.05) is 14.2 Å². The largest absolute Gasteiger partial charge is 0.481 e. The van der Waals surface area contributed by atoms with Crippen molar-refractivity contribution in [3.05, 3.63) is 34.7 Å². The van der Waals surface area contributed by atoms with Crippen LogP contribution < -0.4 is 4.74 Å². The summed E-state index contributed by atoms with van der Waals surface area (Å²) in [6.45, 7) is 0. The maximum Gasteiger partial charge on any atom is 0.359 e. The molecule has 7 heteroatoms. The van der Waals surface area contributed by atoms with Crippen molar-refractivity contribution in [3.8, 4) is 11.6 Å². The first-order valence-corrected chi connectivity index (χ1v) is 5.79. The SMILES string of the molecule is COC(=O)c1nn(-c2ccc(OC)nc2)cc1Br. The summed E-state index contributed by atoms with van der Waals surface area (Å²) >= 11 is 3.25. The van der Waals surface area contributed by atoms with Crippen molar-refractivity contribution >= 4 is 21.9 Å². The van der Waals surface area contributed by atoms with E-state index in [4.69, 9.17) is 4.74 Å². The molecular weight excluding hydrogens is 302 g/mol. The van der Waals surface area contributed by atoms with Crippen LogP contribution in [0.15, 0.2) is 29.0 Å². The second kappa shape index (κ2) is 5.18. The summed E-state index contributed by atoms with van der Waals surface area (Å²) in [6.07, 6.45) is 3.26. The Kier molecular flexibility index (Phi) is 3.61. The molecule has 0 aliphatic heterocycles. The molecule has 0 bridgehead atoms. The van der Waals surface area contributed by atoms with Gasteiger partial charge >= 0.3 is 5.97 Å². The number of hydrogen-bond acceptors (Lipinski definition) is 5. The van der Waals surface area contributed by atoms with E-state index in [9.17, 15) is 4.79 Å². The molecule has 2 rings (SSSR count). The summed E-state index contributed by atoms with van der Waals surface area (Å²) in [6, 6.07) is 3.50. The molecule has 0 N–H and O–H groups in total. The fourth-order valence-corrected chi connectivity index (χ4v) is 1.78.